The predicted octanol–water partition coefficient (Wildman–Crippen LogP) is 5.83. The molecule has 0 radical (unpaired) electrons. The molecule has 1 amide bonds. The normalized spacial score (nSPS) is 14.8. The molecule has 1 fully saturated rings. The summed E-state index contributed by atoms with van der Waals surface area (Å²) in [5.41, 5.74) is 6.05. The van der Waals surface area contributed by atoms with Crippen molar-refractivity contribution in [2.45, 2.75) is 32.1 Å². The van der Waals surface area contributed by atoms with Crippen molar-refractivity contribution in [3.63, 3.8) is 0 Å². The van der Waals surface area contributed by atoms with Gasteiger partial charge in [-0.1, -0.05) is 36.4 Å². The van der Waals surface area contributed by atoms with Gasteiger partial charge in [0, 0.05) is 17.1 Å². The van der Waals surface area contributed by atoms with Crippen LogP contribution in [0.5, 0.6) is 5.88 Å². The number of benzene rings is 2. The second kappa shape index (κ2) is 8.32. The first-order valence-electron chi connectivity index (χ1n) is 11.6. The minimum absolute atomic E-state index is 0.235. The van der Waals surface area contributed by atoms with E-state index in [1.54, 1.807) is 6.20 Å². The molecule has 2 aliphatic rings. The number of pyridine rings is 2. The Bertz CT molecular complexity index is 1360. The van der Waals surface area contributed by atoms with Crippen LogP contribution in [0.1, 0.15) is 40.7 Å². The Labute approximate surface area is 192 Å². The van der Waals surface area contributed by atoms with E-state index in [9.17, 15) is 4.79 Å². The highest BCUT2D eigenvalue weighted by molar-refractivity contribution is 6.04. The number of nitrogens with one attached hydrogen (secondary N) is 1. The first kappa shape index (κ1) is 19.9. The van der Waals surface area contributed by atoms with Gasteiger partial charge in [0.05, 0.1) is 17.7 Å². The summed E-state index contributed by atoms with van der Waals surface area (Å²) in [5.74, 6) is 1.51. The maximum absolute atomic E-state index is 13.1. The number of hydrogen-bond donors (Lipinski definition) is 1. The van der Waals surface area contributed by atoms with Crippen LogP contribution in [0.3, 0.4) is 0 Å². The van der Waals surface area contributed by atoms with Gasteiger partial charge in [0.15, 0.2) is 0 Å². The van der Waals surface area contributed by atoms with Crippen molar-refractivity contribution in [1.82, 2.24) is 9.97 Å². The SMILES string of the molecule is O=C(Nc1ccc2ccccc2n1)c1cnc(OCC2CC2)c(-c2ccc3c(c2)CCC3)c1. The second-order valence-electron chi connectivity index (χ2n) is 9.01. The lowest BCUT2D eigenvalue weighted by molar-refractivity contribution is 0.102. The zero-order chi connectivity index (χ0) is 22.2. The molecule has 2 aromatic carbocycles. The fraction of sp³-hybridized carbons (Fsp3) is 0.250. The number of para-hydroxylation sites is 1. The highest BCUT2D eigenvalue weighted by Crippen LogP contribution is 2.35. The van der Waals surface area contributed by atoms with Gasteiger partial charge in [-0.3, -0.25) is 4.79 Å². The van der Waals surface area contributed by atoms with E-state index in [0.717, 1.165) is 34.9 Å². The summed E-state index contributed by atoms with van der Waals surface area (Å²) >= 11 is 0. The van der Waals surface area contributed by atoms with Gasteiger partial charge in [0.2, 0.25) is 5.88 Å². The molecule has 6 rings (SSSR count). The van der Waals surface area contributed by atoms with Crippen LogP contribution in [0.4, 0.5) is 5.82 Å². The fourth-order valence-corrected chi connectivity index (χ4v) is 4.44. The van der Waals surface area contributed by atoms with Gasteiger partial charge in [-0.15, -0.1) is 0 Å². The first-order chi connectivity index (χ1) is 16.2. The molecule has 2 aromatic heterocycles. The van der Waals surface area contributed by atoms with Crippen LogP contribution < -0.4 is 10.1 Å². The molecule has 164 valence electrons. The smallest absolute Gasteiger partial charge is 0.258 e. The van der Waals surface area contributed by atoms with Crippen molar-refractivity contribution < 1.29 is 9.53 Å². The molecule has 5 nitrogen and oxygen atoms in total. The van der Waals surface area contributed by atoms with E-state index in [4.69, 9.17) is 4.74 Å². The molecular formula is C28H25N3O2. The average Bonchev–Trinajstić information content (AvgIpc) is 3.56. The number of carbonyl (C=O) groups excluding carboxylic acids is 1. The van der Waals surface area contributed by atoms with Gasteiger partial charge in [-0.05, 0) is 79.0 Å². The van der Waals surface area contributed by atoms with Crippen molar-refractivity contribution in [2.75, 3.05) is 11.9 Å². The summed E-state index contributed by atoms with van der Waals surface area (Å²) in [6.45, 7) is 0.678. The van der Waals surface area contributed by atoms with Crippen molar-refractivity contribution in [3.05, 3.63) is 83.6 Å². The fourth-order valence-electron chi connectivity index (χ4n) is 4.44. The minimum Gasteiger partial charge on any atom is -0.477 e. The summed E-state index contributed by atoms with van der Waals surface area (Å²) in [7, 11) is 0. The van der Waals surface area contributed by atoms with Crippen LogP contribution >= 0.6 is 0 Å². The Kier molecular flexibility index (Phi) is 5.02. The van der Waals surface area contributed by atoms with Crippen molar-refractivity contribution in [1.29, 1.82) is 0 Å². The van der Waals surface area contributed by atoms with Crippen molar-refractivity contribution >= 4 is 22.6 Å². The molecule has 0 aliphatic heterocycles. The maximum Gasteiger partial charge on any atom is 0.258 e. The molecule has 4 aromatic rings. The number of carbonyl (C=O) groups is 1. The van der Waals surface area contributed by atoms with Crippen molar-refractivity contribution in [3.8, 4) is 17.0 Å². The number of hydrogen-bond acceptors (Lipinski definition) is 4. The number of amides is 1. The van der Waals surface area contributed by atoms with Crippen LogP contribution in [0.2, 0.25) is 0 Å². The largest absolute Gasteiger partial charge is 0.477 e. The van der Waals surface area contributed by atoms with Crippen LogP contribution in [-0.4, -0.2) is 22.5 Å². The van der Waals surface area contributed by atoms with Gasteiger partial charge in [0.1, 0.15) is 5.82 Å². The molecule has 1 N–H and O–H groups in total. The first-order valence-corrected chi connectivity index (χ1v) is 11.6. The molecule has 0 saturated heterocycles. The summed E-state index contributed by atoms with van der Waals surface area (Å²) in [4.78, 5) is 22.2. The van der Waals surface area contributed by atoms with Crippen LogP contribution in [0.15, 0.2) is 66.9 Å². The van der Waals surface area contributed by atoms with Gasteiger partial charge in [0.25, 0.3) is 5.91 Å². The highest BCUT2D eigenvalue weighted by atomic mass is 16.5. The van der Waals surface area contributed by atoms with E-state index in [0.29, 0.717) is 29.8 Å². The lowest BCUT2D eigenvalue weighted by atomic mass is 10.00. The summed E-state index contributed by atoms with van der Waals surface area (Å²) in [5, 5.41) is 3.95. The molecule has 0 spiro atoms. The maximum atomic E-state index is 13.1. The third-order valence-corrected chi connectivity index (χ3v) is 6.52. The Hall–Kier alpha value is -3.73. The number of fused-ring (bicyclic) bond motifs is 2. The molecule has 5 heteroatoms. The summed E-state index contributed by atoms with van der Waals surface area (Å²) in [6, 6.07) is 20.1. The van der Waals surface area contributed by atoms with Gasteiger partial charge >= 0.3 is 0 Å². The molecule has 0 atom stereocenters. The van der Waals surface area contributed by atoms with E-state index < -0.39 is 0 Å². The molecule has 0 bridgehead atoms. The number of aromatic nitrogens is 2. The third-order valence-electron chi connectivity index (χ3n) is 6.52. The number of rotatable bonds is 6. The topological polar surface area (TPSA) is 64.1 Å². The van der Waals surface area contributed by atoms with E-state index in [1.807, 2.05) is 42.5 Å². The van der Waals surface area contributed by atoms with E-state index in [2.05, 4.69) is 33.5 Å². The molecule has 2 aliphatic carbocycles. The number of aryl methyl sites for hydroxylation is 2. The Balaban J connectivity index is 1.31. The van der Waals surface area contributed by atoms with E-state index >= 15 is 0 Å². The summed E-state index contributed by atoms with van der Waals surface area (Å²) < 4.78 is 6.08. The lowest BCUT2D eigenvalue weighted by Gasteiger charge is -2.13. The van der Waals surface area contributed by atoms with Gasteiger partial charge < -0.3 is 10.1 Å². The van der Waals surface area contributed by atoms with Gasteiger partial charge in [-0.2, -0.15) is 0 Å². The minimum atomic E-state index is -0.235. The van der Waals surface area contributed by atoms with E-state index in [1.165, 1.54) is 30.4 Å². The second-order valence-corrected chi connectivity index (χ2v) is 9.01. The quantitative estimate of drug-likeness (QED) is 0.414. The van der Waals surface area contributed by atoms with Crippen molar-refractivity contribution in [2.24, 2.45) is 5.92 Å². The third kappa shape index (κ3) is 4.19. The monoisotopic (exact) mass is 435 g/mol. The molecule has 2 heterocycles. The highest BCUT2D eigenvalue weighted by Gasteiger charge is 2.24. The van der Waals surface area contributed by atoms with Gasteiger partial charge in [-0.25, -0.2) is 9.97 Å². The molecule has 0 unspecified atom stereocenters. The molecule has 33 heavy (non-hydrogen) atoms. The lowest BCUT2D eigenvalue weighted by Crippen LogP contribution is -2.14. The van der Waals surface area contributed by atoms with Crippen LogP contribution in [0, 0.1) is 5.92 Å². The standard InChI is InChI=1S/C28H25N3O2/c32-27(31-26-13-12-20-4-1-2-7-25(20)30-26)23-15-24(28(29-16-23)33-17-18-8-9-18)22-11-10-19-5-3-6-21(19)14-22/h1-2,4,7,10-16,18H,3,5-6,8-9,17H2,(H,30,31,32). The number of anilines is 1. The summed E-state index contributed by atoms with van der Waals surface area (Å²) in [6.07, 6.45) is 7.46. The number of nitrogens with zero attached hydrogens (tertiary/aromatic N) is 2. The van der Waals surface area contributed by atoms with Crippen LogP contribution in [-0.2, 0) is 12.8 Å². The molecular weight excluding hydrogens is 410 g/mol. The van der Waals surface area contributed by atoms with E-state index in [-0.39, 0.29) is 5.91 Å². The van der Waals surface area contributed by atoms with Crippen LogP contribution in [0.25, 0.3) is 22.0 Å². The predicted molar refractivity (Wildman–Crippen MR) is 130 cm³/mol. The Morgan fingerprint density at radius 2 is 1.88 bits per heavy atom. The average molecular weight is 436 g/mol. The number of ether oxygens (including phenoxy) is 1. The Morgan fingerprint density at radius 3 is 2.79 bits per heavy atom. The zero-order valence-corrected chi connectivity index (χ0v) is 18.4. The zero-order valence-electron chi connectivity index (χ0n) is 18.4. The molecule has 1 saturated carbocycles. The Morgan fingerprint density at radius 1 is 1.00 bits per heavy atom.